The third kappa shape index (κ3) is 8.48. The third-order valence-electron chi connectivity index (χ3n) is 9.64. The number of amides is 3. The van der Waals surface area contributed by atoms with Crippen molar-refractivity contribution in [1.82, 2.24) is 20.3 Å². The summed E-state index contributed by atoms with van der Waals surface area (Å²) in [7, 11) is -2.12. The summed E-state index contributed by atoms with van der Waals surface area (Å²) in [6, 6.07) is 5.35. The number of nitrogens with one attached hydrogen (secondary N) is 2. The van der Waals surface area contributed by atoms with Crippen LogP contribution in [0.3, 0.4) is 0 Å². The molecule has 2 aliphatic rings. The normalized spacial score (nSPS) is 16.9. The van der Waals surface area contributed by atoms with Crippen LogP contribution in [-0.4, -0.2) is 47.0 Å². The summed E-state index contributed by atoms with van der Waals surface area (Å²) in [5.74, 6) is -0.391. The van der Waals surface area contributed by atoms with Crippen molar-refractivity contribution >= 4 is 43.4 Å². The molecule has 2 aliphatic carbocycles. The van der Waals surface area contributed by atoms with Crippen LogP contribution in [0.5, 0.6) is 5.75 Å². The fraction of sp³-hybridized carbons (Fsp3) is 0.571. The molecule has 272 valence electrons. The molecule has 3 amide bonds. The van der Waals surface area contributed by atoms with E-state index in [9.17, 15) is 22.8 Å². The van der Waals surface area contributed by atoms with Crippen LogP contribution in [0.25, 0.3) is 10.4 Å². The predicted octanol–water partition coefficient (Wildman–Crippen LogP) is 9.89. The molecule has 2 N–H and O–H groups in total. The van der Waals surface area contributed by atoms with E-state index >= 15 is 0 Å². The number of hydrogen-bond donors (Lipinski definition) is 2. The first-order chi connectivity index (χ1) is 23.2. The Morgan fingerprint density at radius 1 is 1.00 bits per heavy atom. The minimum Gasteiger partial charge on any atom is -0.410 e. The minimum absolute atomic E-state index is 0.0214. The lowest BCUT2D eigenvalue weighted by molar-refractivity contribution is -0.141. The second kappa shape index (κ2) is 13.9. The molecular weight excluding hydrogens is 686 g/mol. The highest BCUT2D eigenvalue weighted by Crippen LogP contribution is 2.52. The lowest BCUT2D eigenvalue weighted by Gasteiger charge is -2.49. The Bertz CT molecular complexity index is 1710. The molecule has 10 nitrogen and oxygen atoms in total. The third-order valence-corrected chi connectivity index (χ3v) is 15.4. The number of halogens is 3. The number of ether oxygens (including phenoxy) is 1. The van der Waals surface area contributed by atoms with Crippen molar-refractivity contribution in [3.8, 4) is 16.2 Å². The molecule has 5 rings (SSSR count). The van der Waals surface area contributed by atoms with Gasteiger partial charge >= 0.3 is 18.3 Å². The molecule has 1 aromatic carbocycles. The Kier molecular flexibility index (Phi) is 10.5. The number of rotatable bonds is 8. The van der Waals surface area contributed by atoms with Gasteiger partial charge in [-0.1, -0.05) is 33.6 Å². The topological polar surface area (TPSA) is 119 Å². The number of benzene rings is 1. The Morgan fingerprint density at radius 3 is 2.26 bits per heavy atom. The number of hydrogen-bond acceptors (Lipinski definition) is 8. The second-order valence-electron chi connectivity index (χ2n) is 15.7. The van der Waals surface area contributed by atoms with Crippen molar-refractivity contribution < 1.29 is 31.9 Å². The maximum atomic E-state index is 13.7. The van der Waals surface area contributed by atoms with Gasteiger partial charge in [0.2, 0.25) is 5.95 Å². The monoisotopic (exact) mass is 732 g/mol. The molecule has 15 heteroatoms. The van der Waals surface area contributed by atoms with Gasteiger partial charge in [-0.15, -0.1) is 11.3 Å². The van der Waals surface area contributed by atoms with Crippen LogP contribution >= 0.6 is 11.3 Å². The molecule has 0 atom stereocenters. The maximum Gasteiger partial charge on any atom is 0.433 e. The van der Waals surface area contributed by atoms with E-state index in [0.29, 0.717) is 11.3 Å². The number of alkyl halides is 3. The number of carbonyl (C=O) groups is 2. The molecule has 0 saturated heterocycles. The van der Waals surface area contributed by atoms with Crippen molar-refractivity contribution in [1.29, 1.82) is 0 Å². The van der Waals surface area contributed by atoms with E-state index in [0.717, 1.165) is 72.0 Å². The zero-order valence-electron chi connectivity index (χ0n) is 30.0. The van der Waals surface area contributed by atoms with Gasteiger partial charge in [-0.3, -0.25) is 0 Å². The van der Waals surface area contributed by atoms with Crippen molar-refractivity contribution in [3.63, 3.8) is 0 Å². The predicted molar refractivity (Wildman–Crippen MR) is 191 cm³/mol. The lowest BCUT2D eigenvalue weighted by Crippen LogP contribution is -2.51. The van der Waals surface area contributed by atoms with Crippen molar-refractivity contribution in [3.05, 3.63) is 47.4 Å². The first-order valence-corrected chi connectivity index (χ1v) is 20.7. The van der Waals surface area contributed by atoms with Crippen LogP contribution in [0.2, 0.25) is 18.1 Å². The SMILES string of the molecule is CC(C)(C)N(C(=O)Oc1cc(NC(=O)NC2CCCC2)cc(-c2cnc(C3(O[Si](C)(C)C(C)(C)C)CCC3)s2)c1)c1nccc(C(F)(F)F)n1. The van der Waals surface area contributed by atoms with Crippen molar-refractivity contribution in [2.24, 2.45) is 0 Å². The van der Waals surface area contributed by atoms with Gasteiger partial charge in [0.25, 0.3) is 0 Å². The van der Waals surface area contributed by atoms with E-state index in [4.69, 9.17) is 14.1 Å². The smallest absolute Gasteiger partial charge is 0.410 e. The molecule has 0 spiro atoms. The molecule has 0 radical (unpaired) electrons. The van der Waals surface area contributed by atoms with Crippen LogP contribution in [0, 0.1) is 0 Å². The Balaban J connectivity index is 1.48. The van der Waals surface area contributed by atoms with E-state index in [1.54, 1.807) is 39.1 Å². The van der Waals surface area contributed by atoms with Gasteiger partial charge in [0.1, 0.15) is 22.1 Å². The van der Waals surface area contributed by atoms with Gasteiger partial charge in [-0.25, -0.2) is 29.4 Å². The van der Waals surface area contributed by atoms with E-state index < -0.39 is 43.4 Å². The van der Waals surface area contributed by atoms with Crippen LogP contribution in [-0.2, 0) is 16.2 Å². The van der Waals surface area contributed by atoms with Crippen LogP contribution in [0.15, 0.2) is 36.7 Å². The van der Waals surface area contributed by atoms with Crippen molar-refractivity contribution in [2.75, 3.05) is 10.2 Å². The summed E-state index contributed by atoms with van der Waals surface area (Å²) in [4.78, 5) is 40.9. The van der Waals surface area contributed by atoms with Gasteiger partial charge in [-0.05, 0) is 94.8 Å². The van der Waals surface area contributed by atoms with E-state index in [1.807, 2.05) is 0 Å². The molecule has 3 aromatic rings. The zero-order valence-corrected chi connectivity index (χ0v) is 31.8. The Morgan fingerprint density at radius 2 is 1.68 bits per heavy atom. The number of anilines is 2. The van der Waals surface area contributed by atoms with Gasteiger partial charge in [0, 0.05) is 35.7 Å². The molecule has 0 aliphatic heterocycles. The average Bonchev–Trinajstić information content (AvgIpc) is 3.66. The minimum atomic E-state index is -4.74. The second-order valence-corrected chi connectivity index (χ2v) is 21.4. The molecule has 0 bridgehead atoms. The summed E-state index contributed by atoms with van der Waals surface area (Å²) < 4.78 is 53.4. The highest BCUT2D eigenvalue weighted by atomic mass is 32.1. The van der Waals surface area contributed by atoms with Crippen molar-refractivity contribution in [2.45, 2.75) is 128 Å². The number of nitrogens with zero attached hydrogens (tertiary/aromatic N) is 4. The number of carbonyl (C=O) groups excluding carboxylic acids is 2. The average molecular weight is 733 g/mol. The van der Waals surface area contributed by atoms with Crippen LogP contribution in [0.1, 0.15) is 97.2 Å². The highest BCUT2D eigenvalue weighted by Gasteiger charge is 2.50. The van der Waals surface area contributed by atoms with E-state index in [2.05, 4.69) is 54.5 Å². The molecule has 0 unspecified atom stereocenters. The molecule has 2 saturated carbocycles. The largest absolute Gasteiger partial charge is 0.433 e. The standard InChI is InChI=1S/C35H47F3N6O4SSi/c1-32(2,3)44(29-39-17-14-27(43-29)35(36,37)38)31(46)47-25-19-22(18-24(20-25)42-30(45)41-23-12-9-10-13-23)26-21-40-28(49-26)34(15-11-16-34)48-50(7,8)33(4,5)6/h14,17-21,23H,9-13,15-16H2,1-8H3,(H2,41,42,45). The Hall–Kier alpha value is -3.56. The summed E-state index contributed by atoms with van der Waals surface area (Å²) in [6.07, 6.45) is 3.68. The molecule has 2 heterocycles. The Labute approximate surface area is 296 Å². The van der Waals surface area contributed by atoms with Gasteiger partial charge < -0.3 is 19.8 Å². The highest BCUT2D eigenvalue weighted by molar-refractivity contribution is 7.15. The van der Waals surface area contributed by atoms with Crippen LogP contribution in [0.4, 0.5) is 34.4 Å². The molecule has 2 aromatic heterocycles. The fourth-order valence-corrected chi connectivity index (χ4v) is 8.57. The summed E-state index contributed by atoms with van der Waals surface area (Å²) in [6.45, 7) is 16.0. The number of aromatic nitrogens is 3. The lowest BCUT2D eigenvalue weighted by atomic mass is 9.81. The molecule has 2 fully saturated rings. The molecular formula is C35H47F3N6O4SSi. The van der Waals surface area contributed by atoms with Crippen LogP contribution < -0.4 is 20.3 Å². The van der Waals surface area contributed by atoms with Gasteiger partial charge in [0.05, 0.1) is 4.88 Å². The summed E-state index contributed by atoms with van der Waals surface area (Å²) in [5, 5.41) is 6.77. The summed E-state index contributed by atoms with van der Waals surface area (Å²) in [5.41, 5.74) is -1.71. The first kappa shape index (κ1) is 37.7. The van der Waals surface area contributed by atoms with E-state index in [-0.39, 0.29) is 22.9 Å². The quantitative estimate of drug-likeness (QED) is 0.221. The zero-order chi connectivity index (χ0) is 36.7. The molecule has 50 heavy (non-hydrogen) atoms. The van der Waals surface area contributed by atoms with Gasteiger partial charge in [-0.2, -0.15) is 13.2 Å². The van der Waals surface area contributed by atoms with Gasteiger partial charge in [0.15, 0.2) is 8.32 Å². The number of urea groups is 1. The first-order valence-electron chi connectivity index (χ1n) is 17.0. The van der Waals surface area contributed by atoms with E-state index in [1.165, 1.54) is 17.4 Å². The fourth-order valence-electron chi connectivity index (χ4n) is 5.83. The number of thiazole rings is 1. The maximum absolute atomic E-state index is 13.7. The summed E-state index contributed by atoms with van der Waals surface area (Å²) >= 11 is 1.49.